The predicted octanol–water partition coefficient (Wildman–Crippen LogP) is 1.98. The van der Waals surface area contributed by atoms with Crippen molar-refractivity contribution in [3.63, 3.8) is 0 Å². The second-order valence-corrected chi connectivity index (χ2v) is 6.50. The highest BCUT2D eigenvalue weighted by atomic mass is 32.1. The lowest BCUT2D eigenvalue weighted by Gasteiger charge is -2.04. The molecular formula is C17H16N4O3S. The molecule has 0 aliphatic heterocycles. The number of amides is 1. The average Bonchev–Trinajstić information content (AvgIpc) is 3.00. The van der Waals surface area contributed by atoms with Gasteiger partial charge in [0.25, 0.3) is 5.56 Å². The van der Waals surface area contributed by atoms with Gasteiger partial charge in [-0.3, -0.25) is 14.6 Å². The molecule has 3 aromatic rings. The van der Waals surface area contributed by atoms with E-state index in [9.17, 15) is 14.4 Å². The van der Waals surface area contributed by atoms with Crippen molar-refractivity contribution in [1.82, 2.24) is 15.0 Å². The van der Waals surface area contributed by atoms with Crippen LogP contribution in [0.3, 0.4) is 0 Å². The lowest BCUT2D eigenvalue weighted by molar-refractivity contribution is -0.115. The highest BCUT2D eigenvalue weighted by molar-refractivity contribution is 7.14. The van der Waals surface area contributed by atoms with Crippen LogP contribution in [0.4, 0.5) is 5.13 Å². The van der Waals surface area contributed by atoms with E-state index in [1.807, 2.05) is 36.6 Å². The van der Waals surface area contributed by atoms with Crippen molar-refractivity contribution in [3.8, 4) is 11.3 Å². The SMILES string of the molecule is Cc1ccc(-c2csc(NC(=O)Cc3c(C)[nH]c(=O)[nH]c3=O)n2)cc1. The summed E-state index contributed by atoms with van der Waals surface area (Å²) in [4.78, 5) is 44.1. The van der Waals surface area contributed by atoms with Crippen LogP contribution in [-0.4, -0.2) is 20.9 Å². The minimum absolute atomic E-state index is 0.141. The third kappa shape index (κ3) is 3.92. The summed E-state index contributed by atoms with van der Waals surface area (Å²) in [7, 11) is 0. The maximum absolute atomic E-state index is 12.2. The maximum atomic E-state index is 12.2. The van der Waals surface area contributed by atoms with E-state index in [4.69, 9.17) is 0 Å². The van der Waals surface area contributed by atoms with Gasteiger partial charge >= 0.3 is 5.69 Å². The standard InChI is InChI=1S/C17H16N4O3S/c1-9-3-5-11(6-4-9)13-8-25-17(19-13)20-14(22)7-12-10(2)18-16(24)21-15(12)23/h3-6,8H,7H2,1-2H3,(H,19,20,22)(H2,18,21,23,24). The second kappa shape index (κ2) is 6.86. The van der Waals surface area contributed by atoms with Crippen molar-refractivity contribution in [2.24, 2.45) is 0 Å². The third-order valence-corrected chi connectivity index (χ3v) is 4.45. The Morgan fingerprint density at radius 1 is 1.16 bits per heavy atom. The van der Waals surface area contributed by atoms with E-state index >= 15 is 0 Å². The summed E-state index contributed by atoms with van der Waals surface area (Å²) in [5.74, 6) is -0.370. The van der Waals surface area contributed by atoms with Gasteiger partial charge in [-0.1, -0.05) is 29.8 Å². The molecule has 0 aliphatic carbocycles. The maximum Gasteiger partial charge on any atom is 0.325 e. The molecule has 0 radical (unpaired) electrons. The number of carbonyl (C=O) groups is 1. The molecular weight excluding hydrogens is 340 g/mol. The molecule has 0 unspecified atom stereocenters. The monoisotopic (exact) mass is 356 g/mol. The lowest BCUT2D eigenvalue weighted by Crippen LogP contribution is -2.29. The Morgan fingerprint density at radius 3 is 2.56 bits per heavy atom. The average molecular weight is 356 g/mol. The molecule has 0 spiro atoms. The number of hydrogen-bond donors (Lipinski definition) is 3. The number of anilines is 1. The minimum Gasteiger partial charge on any atom is -0.311 e. The molecule has 2 aromatic heterocycles. The van der Waals surface area contributed by atoms with Gasteiger partial charge in [-0.2, -0.15) is 0 Å². The lowest BCUT2D eigenvalue weighted by atomic mass is 10.1. The summed E-state index contributed by atoms with van der Waals surface area (Å²) in [6.07, 6.45) is -0.141. The smallest absolute Gasteiger partial charge is 0.311 e. The van der Waals surface area contributed by atoms with E-state index in [0.29, 0.717) is 10.8 Å². The molecule has 7 nitrogen and oxygen atoms in total. The van der Waals surface area contributed by atoms with Crippen LogP contribution >= 0.6 is 11.3 Å². The quantitative estimate of drug-likeness (QED) is 0.664. The van der Waals surface area contributed by atoms with Crippen LogP contribution in [0.15, 0.2) is 39.2 Å². The molecule has 0 atom stereocenters. The van der Waals surface area contributed by atoms with Gasteiger partial charge in [-0.05, 0) is 13.8 Å². The summed E-state index contributed by atoms with van der Waals surface area (Å²) in [5.41, 5.74) is 2.36. The number of thiazole rings is 1. The van der Waals surface area contributed by atoms with E-state index < -0.39 is 11.2 Å². The Morgan fingerprint density at radius 2 is 1.88 bits per heavy atom. The van der Waals surface area contributed by atoms with E-state index in [0.717, 1.165) is 16.8 Å². The fourth-order valence-electron chi connectivity index (χ4n) is 2.35. The molecule has 2 heterocycles. The number of hydrogen-bond acceptors (Lipinski definition) is 5. The van der Waals surface area contributed by atoms with Crippen molar-refractivity contribution in [2.75, 3.05) is 5.32 Å². The molecule has 0 aliphatic rings. The van der Waals surface area contributed by atoms with Crippen LogP contribution < -0.4 is 16.6 Å². The normalized spacial score (nSPS) is 10.6. The molecule has 8 heteroatoms. The number of nitrogens with zero attached hydrogens (tertiary/aromatic N) is 1. The van der Waals surface area contributed by atoms with Gasteiger partial charge < -0.3 is 10.3 Å². The first-order valence-electron chi connectivity index (χ1n) is 7.57. The van der Waals surface area contributed by atoms with Crippen LogP contribution in [0.2, 0.25) is 0 Å². The molecule has 0 bridgehead atoms. The number of H-pyrrole nitrogens is 2. The highest BCUT2D eigenvalue weighted by Crippen LogP contribution is 2.25. The molecule has 128 valence electrons. The van der Waals surface area contributed by atoms with E-state index in [2.05, 4.69) is 20.3 Å². The first-order chi connectivity index (χ1) is 11.9. The molecule has 1 amide bonds. The number of aromatic nitrogens is 3. The van der Waals surface area contributed by atoms with Crippen molar-refractivity contribution in [2.45, 2.75) is 20.3 Å². The van der Waals surface area contributed by atoms with Crippen molar-refractivity contribution < 1.29 is 4.79 Å². The van der Waals surface area contributed by atoms with Gasteiger partial charge in [0.2, 0.25) is 5.91 Å². The Balaban J connectivity index is 1.73. The Kier molecular flexibility index (Phi) is 4.62. The summed E-state index contributed by atoms with van der Waals surface area (Å²) in [6, 6.07) is 7.94. The largest absolute Gasteiger partial charge is 0.325 e. The Bertz CT molecular complexity index is 1030. The van der Waals surface area contributed by atoms with Crippen molar-refractivity contribution >= 4 is 22.4 Å². The van der Waals surface area contributed by atoms with Crippen molar-refractivity contribution in [3.05, 3.63) is 67.3 Å². The number of aryl methyl sites for hydroxylation is 2. The Labute approximate surface area is 146 Å². The zero-order valence-electron chi connectivity index (χ0n) is 13.7. The number of benzene rings is 1. The zero-order valence-corrected chi connectivity index (χ0v) is 14.5. The van der Waals surface area contributed by atoms with Crippen LogP contribution in [0.5, 0.6) is 0 Å². The molecule has 0 saturated carbocycles. The fraction of sp³-hybridized carbons (Fsp3) is 0.176. The highest BCUT2D eigenvalue weighted by Gasteiger charge is 2.13. The van der Waals surface area contributed by atoms with Gasteiger partial charge in [-0.15, -0.1) is 11.3 Å². The summed E-state index contributed by atoms with van der Waals surface area (Å²) >= 11 is 1.31. The van der Waals surface area contributed by atoms with Gasteiger partial charge in [0.1, 0.15) is 0 Å². The van der Waals surface area contributed by atoms with Crippen LogP contribution in [0, 0.1) is 13.8 Å². The second-order valence-electron chi connectivity index (χ2n) is 5.64. The summed E-state index contributed by atoms with van der Waals surface area (Å²) in [5, 5.41) is 5.00. The number of carbonyl (C=O) groups excluding carboxylic acids is 1. The minimum atomic E-state index is -0.589. The molecule has 0 saturated heterocycles. The van der Waals surface area contributed by atoms with E-state index in [-0.39, 0.29) is 17.9 Å². The summed E-state index contributed by atoms with van der Waals surface area (Å²) in [6.45, 7) is 3.59. The first-order valence-corrected chi connectivity index (χ1v) is 8.45. The predicted molar refractivity (Wildman–Crippen MR) is 97.0 cm³/mol. The summed E-state index contributed by atoms with van der Waals surface area (Å²) < 4.78 is 0. The molecule has 1 aromatic carbocycles. The van der Waals surface area contributed by atoms with Crippen LogP contribution in [0.1, 0.15) is 16.8 Å². The third-order valence-electron chi connectivity index (χ3n) is 3.69. The molecule has 3 rings (SSSR count). The molecule has 3 N–H and O–H groups in total. The number of nitrogens with one attached hydrogen (secondary N) is 3. The van der Waals surface area contributed by atoms with Crippen LogP contribution in [-0.2, 0) is 11.2 Å². The van der Waals surface area contributed by atoms with Crippen molar-refractivity contribution in [1.29, 1.82) is 0 Å². The van der Waals surface area contributed by atoms with E-state index in [1.165, 1.54) is 11.3 Å². The molecule has 25 heavy (non-hydrogen) atoms. The van der Waals surface area contributed by atoms with E-state index in [1.54, 1.807) is 6.92 Å². The van der Waals surface area contributed by atoms with Gasteiger partial charge in [0.15, 0.2) is 5.13 Å². The first kappa shape index (κ1) is 16.8. The van der Waals surface area contributed by atoms with Gasteiger partial charge in [0, 0.05) is 22.2 Å². The van der Waals surface area contributed by atoms with Crippen LogP contribution in [0.25, 0.3) is 11.3 Å². The zero-order chi connectivity index (χ0) is 18.0. The molecule has 0 fully saturated rings. The Hall–Kier alpha value is -3.00. The van der Waals surface area contributed by atoms with Gasteiger partial charge in [-0.25, -0.2) is 9.78 Å². The topological polar surface area (TPSA) is 108 Å². The number of aromatic amines is 2. The van der Waals surface area contributed by atoms with Gasteiger partial charge in [0.05, 0.1) is 12.1 Å². The fourth-order valence-corrected chi connectivity index (χ4v) is 3.09. The number of rotatable bonds is 4.